The molecule has 4 rings (SSSR count). The maximum Gasteiger partial charge on any atom is 0.410 e. The third-order valence-corrected chi connectivity index (χ3v) is 6.23. The van der Waals surface area contributed by atoms with Crippen LogP contribution in [0, 0.1) is 0 Å². The first-order valence-electron chi connectivity index (χ1n) is 10.7. The van der Waals surface area contributed by atoms with Crippen LogP contribution in [0.4, 0.5) is 10.6 Å². The van der Waals surface area contributed by atoms with E-state index in [0.29, 0.717) is 11.7 Å². The van der Waals surface area contributed by atoms with Gasteiger partial charge in [-0.3, -0.25) is 9.89 Å². The molecule has 31 heavy (non-hydrogen) atoms. The van der Waals surface area contributed by atoms with E-state index in [1.54, 1.807) is 24.3 Å². The molecule has 2 atom stereocenters. The Morgan fingerprint density at radius 2 is 2.16 bits per heavy atom. The quantitative estimate of drug-likeness (QED) is 0.732. The Labute approximate surface area is 181 Å². The molecule has 0 aromatic carbocycles. The number of H-pyrrole nitrogens is 1. The normalized spacial score (nSPS) is 22.0. The molecule has 0 bridgehead atoms. The molecule has 9 heteroatoms. The van der Waals surface area contributed by atoms with Gasteiger partial charge < -0.3 is 19.7 Å². The minimum atomic E-state index is -0.215. The summed E-state index contributed by atoms with van der Waals surface area (Å²) in [5.74, 6) is 1.06. The Hall–Kier alpha value is -3.10. The number of carbonyl (C=O) groups is 2. The van der Waals surface area contributed by atoms with E-state index in [2.05, 4.69) is 34.3 Å². The van der Waals surface area contributed by atoms with Crippen molar-refractivity contribution in [3.63, 3.8) is 0 Å². The number of ether oxygens (including phenoxy) is 2. The summed E-state index contributed by atoms with van der Waals surface area (Å²) in [4.78, 5) is 30.6. The first-order chi connectivity index (χ1) is 14.8. The topological polar surface area (TPSA) is 109 Å². The maximum atomic E-state index is 12.4. The number of nitrogens with zero attached hydrogens (tertiary/aromatic N) is 3. The van der Waals surface area contributed by atoms with E-state index < -0.39 is 0 Å². The molecule has 9 nitrogen and oxygen atoms in total. The standard InChI is InChI=1S/C22H29N5O4/c1-22(2)8-9-27(22)21(29)31-16-6-5-15(11-16)17-12-18(26-25-17)24-19(28)10-14-4-7-20(30-3)23-13-14/h4,7,12-13,15-16H,5-6,8-11H2,1-3H3,(H2,24,25,26,28)/t15-,16+/m1/s1. The fourth-order valence-corrected chi connectivity index (χ4v) is 4.16. The van der Waals surface area contributed by atoms with Crippen molar-refractivity contribution in [1.29, 1.82) is 0 Å². The van der Waals surface area contributed by atoms with Crippen molar-refractivity contribution in [3.05, 3.63) is 35.7 Å². The molecular weight excluding hydrogens is 398 g/mol. The Morgan fingerprint density at radius 1 is 1.32 bits per heavy atom. The van der Waals surface area contributed by atoms with Crippen LogP contribution in [0.15, 0.2) is 24.4 Å². The number of aromatic amines is 1. The van der Waals surface area contributed by atoms with Crippen LogP contribution >= 0.6 is 0 Å². The number of anilines is 1. The Balaban J connectivity index is 1.26. The highest BCUT2D eigenvalue weighted by molar-refractivity contribution is 5.91. The van der Waals surface area contributed by atoms with E-state index in [1.807, 2.05) is 12.1 Å². The number of pyridine rings is 1. The number of amides is 2. The summed E-state index contributed by atoms with van der Waals surface area (Å²) in [5, 5.41) is 10.0. The minimum absolute atomic E-state index is 0.0854. The van der Waals surface area contributed by atoms with Gasteiger partial charge >= 0.3 is 6.09 Å². The lowest BCUT2D eigenvalue weighted by atomic mass is 9.90. The van der Waals surface area contributed by atoms with Gasteiger partial charge in [0.1, 0.15) is 6.10 Å². The summed E-state index contributed by atoms with van der Waals surface area (Å²) in [7, 11) is 1.55. The van der Waals surface area contributed by atoms with E-state index in [1.165, 1.54) is 0 Å². The van der Waals surface area contributed by atoms with Crippen LogP contribution in [0.3, 0.4) is 0 Å². The molecule has 166 valence electrons. The average Bonchev–Trinajstić information content (AvgIpc) is 3.37. The highest BCUT2D eigenvalue weighted by atomic mass is 16.6. The molecule has 1 saturated carbocycles. The van der Waals surface area contributed by atoms with Gasteiger partial charge in [0, 0.05) is 42.0 Å². The highest BCUT2D eigenvalue weighted by Gasteiger charge is 2.41. The van der Waals surface area contributed by atoms with Gasteiger partial charge in [0.25, 0.3) is 0 Å². The molecule has 2 N–H and O–H groups in total. The van der Waals surface area contributed by atoms with Crippen molar-refractivity contribution in [2.75, 3.05) is 19.0 Å². The van der Waals surface area contributed by atoms with E-state index in [4.69, 9.17) is 9.47 Å². The summed E-state index contributed by atoms with van der Waals surface area (Å²) in [5.41, 5.74) is 1.64. The third-order valence-electron chi connectivity index (χ3n) is 6.23. The second-order valence-electron chi connectivity index (χ2n) is 8.87. The molecule has 1 saturated heterocycles. The van der Waals surface area contributed by atoms with Crippen LogP contribution in [-0.4, -0.2) is 57.4 Å². The molecule has 0 unspecified atom stereocenters. The number of methoxy groups -OCH3 is 1. The fourth-order valence-electron chi connectivity index (χ4n) is 4.16. The van der Waals surface area contributed by atoms with E-state index in [-0.39, 0.29) is 36.0 Å². The number of rotatable bonds is 6. The number of hydrogen-bond acceptors (Lipinski definition) is 6. The summed E-state index contributed by atoms with van der Waals surface area (Å²) in [6.07, 6.45) is 5.03. The molecule has 0 spiro atoms. The first kappa shape index (κ1) is 21.1. The van der Waals surface area contributed by atoms with Gasteiger partial charge in [0.05, 0.1) is 13.5 Å². The lowest BCUT2D eigenvalue weighted by Gasteiger charge is -2.47. The molecule has 0 radical (unpaired) electrons. The van der Waals surface area contributed by atoms with Gasteiger partial charge in [-0.05, 0) is 45.1 Å². The van der Waals surface area contributed by atoms with Crippen LogP contribution in [0.2, 0.25) is 0 Å². The number of carbonyl (C=O) groups excluding carboxylic acids is 2. The zero-order chi connectivity index (χ0) is 22.0. The van der Waals surface area contributed by atoms with Crippen molar-refractivity contribution in [2.24, 2.45) is 0 Å². The third kappa shape index (κ3) is 4.81. The monoisotopic (exact) mass is 427 g/mol. The Kier molecular flexibility index (Phi) is 5.84. The molecule has 2 aromatic heterocycles. The van der Waals surface area contributed by atoms with Gasteiger partial charge in [-0.1, -0.05) is 6.07 Å². The average molecular weight is 428 g/mol. The summed E-state index contributed by atoms with van der Waals surface area (Å²) >= 11 is 0. The number of hydrogen-bond donors (Lipinski definition) is 2. The lowest BCUT2D eigenvalue weighted by Crippen LogP contribution is -2.58. The Morgan fingerprint density at radius 3 is 2.81 bits per heavy atom. The molecule has 1 aliphatic heterocycles. The summed E-state index contributed by atoms with van der Waals surface area (Å²) in [6, 6.07) is 5.39. The van der Waals surface area contributed by atoms with Crippen LogP contribution < -0.4 is 10.1 Å². The van der Waals surface area contributed by atoms with Crippen molar-refractivity contribution >= 4 is 17.8 Å². The van der Waals surface area contributed by atoms with Crippen LogP contribution in [-0.2, 0) is 16.0 Å². The number of nitrogens with one attached hydrogen (secondary N) is 2. The predicted octanol–water partition coefficient (Wildman–Crippen LogP) is 3.25. The molecule has 2 aromatic rings. The predicted molar refractivity (Wildman–Crippen MR) is 114 cm³/mol. The zero-order valence-electron chi connectivity index (χ0n) is 18.2. The van der Waals surface area contributed by atoms with E-state index in [0.717, 1.165) is 43.5 Å². The minimum Gasteiger partial charge on any atom is -0.481 e. The largest absolute Gasteiger partial charge is 0.481 e. The second-order valence-corrected chi connectivity index (χ2v) is 8.87. The molecule has 3 heterocycles. The summed E-state index contributed by atoms with van der Waals surface area (Å²) in [6.45, 7) is 4.87. The smallest absolute Gasteiger partial charge is 0.410 e. The summed E-state index contributed by atoms with van der Waals surface area (Å²) < 4.78 is 10.7. The van der Waals surface area contributed by atoms with Crippen molar-refractivity contribution in [2.45, 2.75) is 63.5 Å². The molecular formula is C22H29N5O4. The molecule has 2 fully saturated rings. The Bertz CT molecular complexity index is 940. The number of aromatic nitrogens is 3. The lowest BCUT2D eigenvalue weighted by molar-refractivity contribution is -0.115. The highest BCUT2D eigenvalue weighted by Crippen LogP contribution is 2.37. The van der Waals surface area contributed by atoms with E-state index in [9.17, 15) is 9.59 Å². The first-order valence-corrected chi connectivity index (χ1v) is 10.7. The van der Waals surface area contributed by atoms with E-state index >= 15 is 0 Å². The zero-order valence-corrected chi connectivity index (χ0v) is 18.2. The fraction of sp³-hybridized carbons (Fsp3) is 0.545. The molecule has 2 aliphatic rings. The van der Waals surface area contributed by atoms with Crippen LogP contribution in [0.25, 0.3) is 0 Å². The number of likely N-dealkylation sites (tertiary alicyclic amines) is 1. The van der Waals surface area contributed by atoms with Crippen molar-refractivity contribution in [3.8, 4) is 5.88 Å². The molecule has 1 aliphatic carbocycles. The van der Waals surface area contributed by atoms with Gasteiger partial charge in [-0.2, -0.15) is 5.10 Å². The molecule has 2 amide bonds. The second kappa shape index (κ2) is 8.56. The van der Waals surface area contributed by atoms with Crippen molar-refractivity contribution in [1.82, 2.24) is 20.1 Å². The van der Waals surface area contributed by atoms with Crippen molar-refractivity contribution < 1.29 is 19.1 Å². The van der Waals surface area contributed by atoms with Gasteiger partial charge in [-0.25, -0.2) is 9.78 Å². The van der Waals surface area contributed by atoms with Crippen LogP contribution in [0.1, 0.15) is 56.7 Å². The SMILES string of the molecule is COc1ccc(CC(=O)Nc2cc([C@@H]3CC[C@H](OC(=O)N4CCC4(C)C)C3)[nH]n2)cn1. The maximum absolute atomic E-state index is 12.4. The van der Waals surface area contributed by atoms with Gasteiger partial charge in [-0.15, -0.1) is 0 Å². The van der Waals surface area contributed by atoms with Crippen LogP contribution in [0.5, 0.6) is 5.88 Å². The van der Waals surface area contributed by atoms with Gasteiger partial charge in [0.15, 0.2) is 5.82 Å². The van der Waals surface area contributed by atoms with Gasteiger partial charge in [0.2, 0.25) is 11.8 Å².